The Kier molecular flexibility index (Phi) is 6.37. The summed E-state index contributed by atoms with van der Waals surface area (Å²) in [4.78, 5) is 54.3. The molecule has 39 heavy (non-hydrogen) atoms. The molecule has 0 N–H and O–H groups in total. The number of Topliss-reactive ketones (excluding diaryl/α,β-unsaturated/α-hetero) is 2. The van der Waals surface area contributed by atoms with Crippen molar-refractivity contribution in [2.24, 2.45) is 5.92 Å². The van der Waals surface area contributed by atoms with E-state index in [2.05, 4.69) is 36.0 Å². The fourth-order valence-corrected chi connectivity index (χ4v) is 5.95. The van der Waals surface area contributed by atoms with Gasteiger partial charge in [-0.2, -0.15) is 5.10 Å². The first kappa shape index (κ1) is 25.5. The van der Waals surface area contributed by atoms with Crippen molar-refractivity contribution in [3.63, 3.8) is 0 Å². The highest BCUT2D eigenvalue weighted by molar-refractivity contribution is 9.10. The summed E-state index contributed by atoms with van der Waals surface area (Å²) in [6.07, 6.45) is 5.27. The topological polar surface area (TPSA) is 111 Å². The van der Waals surface area contributed by atoms with Crippen LogP contribution in [0.3, 0.4) is 0 Å². The number of rotatable bonds is 7. The van der Waals surface area contributed by atoms with E-state index in [0.717, 1.165) is 28.8 Å². The third-order valence-electron chi connectivity index (χ3n) is 7.76. The lowest BCUT2D eigenvalue weighted by molar-refractivity contribution is -0.139. The van der Waals surface area contributed by atoms with E-state index in [-0.39, 0.29) is 36.5 Å². The van der Waals surface area contributed by atoms with Crippen LogP contribution in [0.4, 0.5) is 0 Å². The van der Waals surface area contributed by atoms with Crippen LogP contribution in [0.5, 0.6) is 0 Å². The fourth-order valence-electron chi connectivity index (χ4n) is 5.60. The number of hydrogen-bond acceptors (Lipinski definition) is 7. The number of aryl methyl sites for hydroxylation is 2. The van der Waals surface area contributed by atoms with Crippen molar-refractivity contribution in [1.82, 2.24) is 29.6 Å². The zero-order valence-corrected chi connectivity index (χ0v) is 23.5. The molecule has 4 aromatic rings. The van der Waals surface area contributed by atoms with Gasteiger partial charge in [0.1, 0.15) is 22.7 Å². The Morgan fingerprint density at radius 2 is 1.79 bits per heavy atom. The van der Waals surface area contributed by atoms with E-state index in [1.165, 1.54) is 6.92 Å². The molecule has 1 saturated heterocycles. The maximum absolute atomic E-state index is 13.7. The molecule has 0 spiro atoms. The minimum absolute atomic E-state index is 0.00366. The molecule has 6 rings (SSSR count). The van der Waals surface area contributed by atoms with E-state index in [1.54, 1.807) is 22.0 Å². The second-order valence-corrected chi connectivity index (χ2v) is 11.3. The van der Waals surface area contributed by atoms with Crippen molar-refractivity contribution in [2.45, 2.75) is 58.7 Å². The molecule has 0 unspecified atom stereocenters. The second-order valence-electron chi connectivity index (χ2n) is 10.5. The van der Waals surface area contributed by atoms with Gasteiger partial charge in [0.15, 0.2) is 11.6 Å². The third-order valence-corrected chi connectivity index (χ3v) is 8.20. The van der Waals surface area contributed by atoms with E-state index in [1.807, 2.05) is 44.2 Å². The average molecular weight is 587 g/mol. The van der Waals surface area contributed by atoms with E-state index in [4.69, 9.17) is 0 Å². The van der Waals surface area contributed by atoms with Crippen LogP contribution in [0.1, 0.15) is 47.3 Å². The number of piperidine rings is 1. The monoisotopic (exact) mass is 586 g/mol. The number of halogens is 1. The number of nitrogens with zero attached hydrogens (tertiary/aromatic N) is 6. The van der Waals surface area contributed by atoms with Crippen LogP contribution >= 0.6 is 15.9 Å². The van der Waals surface area contributed by atoms with Gasteiger partial charge in [0.05, 0.1) is 23.7 Å². The van der Waals surface area contributed by atoms with Crippen molar-refractivity contribution in [3.8, 4) is 11.1 Å². The lowest BCUT2D eigenvalue weighted by Crippen LogP contribution is -2.45. The molecule has 4 heterocycles. The standard InChI is InChI=1S/C29H27BrN6O3/c1-15-4-7-27(30)33-22(15)11-26(38)25-10-19-9-24(19)36(25)28(39)14-35-23-6-5-18(20-12-31-17(3)32-13-20)8-21(23)29(34-35)16(2)37/h4-8,12-13,19,24-25H,9-11,14H2,1-3H3/t19-,24-,25+/m1/s1. The number of pyridine rings is 1. The van der Waals surface area contributed by atoms with Crippen LogP contribution in [0.2, 0.25) is 0 Å². The summed E-state index contributed by atoms with van der Waals surface area (Å²) < 4.78 is 2.27. The number of carbonyl (C=O) groups excluding carboxylic acids is 3. The highest BCUT2D eigenvalue weighted by Crippen LogP contribution is 2.48. The van der Waals surface area contributed by atoms with Crippen molar-refractivity contribution >= 4 is 44.3 Å². The number of ketones is 2. The van der Waals surface area contributed by atoms with Crippen LogP contribution in [-0.2, 0) is 22.6 Å². The minimum atomic E-state index is -0.469. The lowest BCUT2D eigenvalue weighted by Gasteiger charge is -2.27. The predicted octanol–water partition coefficient (Wildman–Crippen LogP) is 4.27. The van der Waals surface area contributed by atoms with Gasteiger partial charge in [-0.05, 0) is 77.9 Å². The Bertz CT molecular complexity index is 1650. The molecule has 1 aliphatic heterocycles. The Labute approximate surface area is 233 Å². The van der Waals surface area contributed by atoms with Crippen molar-refractivity contribution in [3.05, 3.63) is 70.1 Å². The molecule has 2 aliphatic rings. The molecule has 1 aromatic carbocycles. The number of carbonyl (C=O) groups is 3. The normalized spacial score (nSPS) is 19.8. The van der Waals surface area contributed by atoms with Gasteiger partial charge < -0.3 is 4.90 Å². The SMILES string of the molecule is CC(=O)c1nn(CC(=O)N2[C@@H]3C[C@@H]3C[C@H]2C(=O)Cc2nc(Br)ccc2C)c2ccc(-c3cnc(C)nc3)cc12. The second kappa shape index (κ2) is 9.75. The van der Waals surface area contributed by atoms with Crippen LogP contribution < -0.4 is 0 Å². The number of hydrogen-bond donors (Lipinski definition) is 0. The first-order valence-electron chi connectivity index (χ1n) is 13.0. The summed E-state index contributed by atoms with van der Waals surface area (Å²) in [5.74, 6) is 0.699. The lowest BCUT2D eigenvalue weighted by atomic mass is 10.0. The third kappa shape index (κ3) is 4.78. The summed E-state index contributed by atoms with van der Waals surface area (Å²) in [6, 6.07) is 9.07. The molecule has 2 fully saturated rings. The molecule has 1 amide bonds. The Balaban J connectivity index is 1.27. The van der Waals surface area contributed by atoms with Crippen molar-refractivity contribution in [2.75, 3.05) is 0 Å². The Morgan fingerprint density at radius 1 is 1.03 bits per heavy atom. The smallest absolute Gasteiger partial charge is 0.245 e. The molecular formula is C29H27BrN6O3. The van der Waals surface area contributed by atoms with E-state index in [0.29, 0.717) is 39.4 Å². The first-order chi connectivity index (χ1) is 18.7. The highest BCUT2D eigenvalue weighted by atomic mass is 79.9. The summed E-state index contributed by atoms with van der Waals surface area (Å²) in [6.45, 7) is 5.18. The quantitative estimate of drug-likeness (QED) is 0.235. The van der Waals surface area contributed by atoms with Gasteiger partial charge in [0.25, 0.3) is 0 Å². The highest BCUT2D eigenvalue weighted by Gasteiger charge is 2.55. The molecule has 0 radical (unpaired) electrons. The number of fused-ring (bicyclic) bond motifs is 2. The molecule has 10 heteroatoms. The molecule has 3 aromatic heterocycles. The Morgan fingerprint density at radius 3 is 2.54 bits per heavy atom. The van der Waals surface area contributed by atoms with E-state index >= 15 is 0 Å². The number of aromatic nitrogens is 5. The molecule has 198 valence electrons. The van der Waals surface area contributed by atoms with E-state index < -0.39 is 6.04 Å². The zero-order chi connectivity index (χ0) is 27.4. The van der Waals surface area contributed by atoms with Crippen LogP contribution in [0.25, 0.3) is 22.0 Å². The molecule has 3 atom stereocenters. The van der Waals surface area contributed by atoms with E-state index in [9.17, 15) is 14.4 Å². The number of likely N-dealkylation sites (tertiary alicyclic amines) is 1. The van der Waals surface area contributed by atoms with Gasteiger partial charge in [-0.1, -0.05) is 12.1 Å². The largest absolute Gasteiger partial charge is 0.328 e. The minimum Gasteiger partial charge on any atom is -0.328 e. The maximum Gasteiger partial charge on any atom is 0.245 e. The number of amides is 1. The van der Waals surface area contributed by atoms with Crippen LogP contribution in [0.15, 0.2) is 47.3 Å². The average Bonchev–Trinajstić information content (AvgIpc) is 3.41. The maximum atomic E-state index is 13.7. The Hall–Kier alpha value is -3.79. The van der Waals surface area contributed by atoms with Crippen LogP contribution in [0, 0.1) is 19.8 Å². The summed E-state index contributed by atoms with van der Waals surface area (Å²) in [7, 11) is 0. The first-order valence-corrected chi connectivity index (χ1v) is 13.8. The molecule has 1 aliphatic carbocycles. The fraction of sp³-hybridized carbons (Fsp3) is 0.345. The van der Waals surface area contributed by atoms with Gasteiger partial charge in [0, 0.05) is 36.3 Å². The summed E-state index contributed by atoms with van der Waals surface area (Å²) in [5.41, 5.74) is 4.36. The van der Waals surface area contributed by atoms with Gasteiger partial charge in [0.2, 0.25) is 5.91 Å². The predicted molar refractivity (Wildman–Crippen MR) is 148 cm³/mol. The van der Waals surface area contributed by atoms with Crippen molar-refractivity contribution in [1.29, 1.82) is 0 Å². The summed E-state index contributed by atoms with van der Waals surface area (Å²) in [5, 5.41) is 5.20. The van der Waals surface area contributed by atoms with Gasteiger partial charge >= 0.3 is 0 Å². The molecular weight excluding hydrogens is 560 g/mol. The van der Waals surface area contributed by atoms with Crippen LogP contribution in [-0.4, -0.2) is 59.2 Å². The van der Waals surface area contributed by atoms with Gasteiger partial charge in [-0.3, -0.25) is 19.1 Å². The number of benzene rings is 1. The zero-order valence-electron chi connectivity index (χ0n) is 21.9. The van der Waals surface area contributed by atoms with Gasteiger partial charge in [-0.15, -0.1) is 0 Å². The summed E-state index contributed by atoms with van der Waals surface area (Å²) >= 11 is 3.38. The molecule has 1 saturated carbocycles. The molecule has 0 bridgehead atoms. The van der Waals surface area contributed by atoms with Gasteiger partial charge in [-0.25, -0.2) is 15.0 Å². The van der Waals surface area contributed by atoms with Crippen molar-refractivity contribution < 1.29 is 14.4 Å². The molecule has 9 nitrogen and oxygen atoms in total.